The maximum Gasteiger partial charge on any atom is 0.412 e. The zero-order valence-electron chi connectivity index (χ0n) is 13.6. The van der Waals surface area contributed by atoms with Gasteiger partial charge in [0.1, 0.15) is 11.4 Å². The van der Waals surface area contributed by atoms with E-state index in [1.165, 1.54) is 0 Å². The Kier molecular flexibility index (Phi) is 5.26. The molecule has 0 saturated carbocycles. The molecule has 0 bridgehead atoms. The average molecular weight is 308 g/mol. The highest BCUT2D eigenvalue weighted by Crippen LogP contribution is 2.29. The van der Waals surface area contributed by atoms with Crippen LogP contribution >= 0.6 is 0 Å². The van der Waals surface area contributed by atoms with Gasteiger partial charge in [0.15, 0.2) is 0 Å². The molecule has 1 fully saturated rings. The summed E-state index contributed by atoms with van der Waals surface area (Å²) < 4.78 is 16.2. The van der Waals surface area contributed by atoms with E-state index >= 15 is 0 Å². The maximum atomic E-state index is 11.9. The Morgan fingerprint density at radius 2 is 2.18 bits per heavy atom. The van der Waals surface area contributed by atoms with Gasteiger partial charge in [-0.15, -0.1) is 0 Å². The quantitative estimate of drug-likeness (QED) is 0.898. The van der Waals surface area contributed by atoms with Gasteiger partial charge < -0.3 is 19.5 Å². The zero-order valence-corrected chi connectivity index (χ0v) is 13.6. The number of morpholine rings is 1. The molecule has 2 rings (SSSR count). The fourth-order valence-electron chi connectivity index (χ4n) is 2.27. The van der Waals surface area contributed by atoms with E-state index in [1.54, 1.807) is 13.2 Å². The van der Waals surface area contributed by atoms with Crippen molar-refractivity contribution >= 4 is 11.8 Å². The number of carbonyl (C=O) groups excluding carboxylic acids is 1. The lowest BCUT2D eigenvalue weighted by Gasteiger charge is -2.26. The number of nitrogens with one attached hydrogen (secondary N) is 2. The number of rotatable bonds is 3. The summed E-state index contributed by atoms with van der Waals surface area (Å²) in [7, 11) is 1.63. The molecule has 22 heavy (non-hydrogen) atoms. The molecule has 1 aromatic rings. The summed E-state index contributed by atoms with van der Waals surface area (Å²) >= 11 is 0. The number of hydrogen-bond acceptors (Lipinski definition) is 5. The van der Waals surface area contributed by atoms with Crippen LogP contribution in [0.2, 0.25) is 0 Å². The fraction of sp³-hybridized carbons (Fsp3) is 0.562. The highest BCUT2D eigenvalue weighted by atomic mass is 16.6. The standard InChI is InChI=1S/C16H24N2O4/c1-16(2,3)22-15(19)18-11-5-6-14(20-4)12(9-11)13-10-21-8-7-17-13/h5-6,9,13,17H,7-8,10H2,1-4H3,(H,18,19). The van der Waals surface area contributed by atoms with Crippen molar-refractivity contribution in [3.05, 3.63) is 23.8 Å². The van der Waals surface area contributed by atoms with Crippen molar-refractivity contribution in [3.63, 3.8) is 0 Å². The predicted molar refractivity (Wildman–Crippen MR) is 84.4 cm³/mol. The zero-order chi connectivity index (χ0) is 16.2. The Bertz CT molecular complexity index is 519. The van der Waals surface area contributed by atoms with E-state index in [4.69, 9.17) is 14.2 Å². The molecule has 1 aliphatic heterocycles. The molecule has 0 aromatic heterocycles. The molecule has 122 valence electrons. The number of anilines is 1. The maximum absolute atomic E-state index is 11.9. The summed E-state index contributed by atoms with van der Waals surface area (Å²) in [4.78, 5) is 11.9. The van der Waals surface area contributed by atoms with Crippen LogP contribution in [0.1, 0.15) is 32.4 Å². The molecule has 0 aliphatic carbocycles. The van der Waals surface area contributed by atoms with E-state index in [1.807, 2.05) is 32.9 Å². The molecule has 6 heteroatoms. The van der Waals surface area contributed by atoms with Crippen molar-refractivity contribution in [2.75, 3.05) is 32.2 Å². The van der Waals surface area contributed by atoms with E-state index in [9.17, 15) is 4.79 Å². The third-order valence-electron chi connectivity index (χ3n) is 3.17. The van der Waals surface area contributed by atoms with Gasteiger partial charge in [0.05, 0.1) is 26.4 Å². The van der Waals surface area contributed by atoms with Gasteiger partial charge in [-0.25, -0.2) is 4.79 Å². The van der Waals surface area contributed by atoms with Crippen LogP contribution in [0.25, 0.3) is 0 Å². The molecular weight excluding hydrogens is 284 g/mol. The van der Waals surface area contributed by atoms with Crippen molar-refractivity contribution in [2.45, 2.75) is 32.4 Å². The van der Waals surface area contributed by atoms with Crippen LogP contribution in [-0.4, -0.2) is 38.6 Å². The Balaban J connectivity index is 2.14. The average Bonchev–Trinajstić information content (AvgIpc) is 2.46. The fourth-order valence-corrected chi connectivity index (χ4v) is 2.27. The minimum absolute atomic E-state index is 0.0455. The molecule has 1 aliphatic rings. The number of hydrogen-bond donors (Lipinski definition) is 2. The van der Waals surface area contributed by atoms with Crippen LogP contribution < -0.4 is 15.4 Å². The van der Waals surface area contributed by atoms with Gasteiger partial charge in [-0.05, 0) is 39.0 Å². The van der Waals surface area contributed by atoms with Crippen molar-refractivity contribution in [1.82, 2.24) is 5.32 Å². The van der Waals surface area contributed by atoms with Crippen molar-refractivity contribution in [3.8, 4) is 5.75 Å². The molecular formula is C16H24N2O4. The molecule has 1 amide bonds. The number of methoxy groups -OCH3 is 1. The van der Waals surface area contributed by atoms with Gasteiger partial charge in [0, 0.05) is 17.8 Å². The van der Waals surface area contributed by atoms with Crippen molar-refractivity contribution in [1.29, 1.82) is 0 Å². The van der Waals surface area contributed by atoms with E-state index in [0.717, 1.165) is 17.9 Å². The summed E-state index contributed by atoms with van der Waals surface area (Å²) in [6, 6.07) is 5.55. The van der Waals surface area contributed by atoms with Gasteiger partial charge in [-0.1, -0.05) is 0 Å². The first-order chi connectivity index (χ1) is 10.4. The Morgan fingerprint density at radius 3 is 2.77 bits per heavy atom. The second kappa shape index (κ2) is 6.98. The lowest BCUT2D eigenvalue weighted by Crippen LogP contribution is -2.34. The van der Waals surface area contributed by atoms with Gasteiger partial charge in [0.25, 0.3) is 0 Å². The molecule has 1 aromatic carbocycles. The van der Waals surface area contributed by atoms with Gasteiger partial charge in [0.2, 0.25) is 0 Å². The highest BCUT2D eigenvalue weighted by Gasteiger charge is 2.21. The van der Waals surface area contributed by atoms with E-state index < -0.39 is 11.7 Å². The molecule has 1 unspecified atom stereocenters. The summed E-state index contributed by atoms with van der Waals surface area (Å²) in [5.74, 6) is 0.762. The van der Waals surface area contributed by atoms with Crippen LogP contribution in [0.5, 0.6) is 5.75 Å². The normalized spacial score (nSPS) is 18.6. The lowest BCUT2D eigenvalue weighted by atomic mass is 10.0. The molecule has 1 saturated heterocycles. The number of amides is 1. The predicted octanol–water partition coefficient (Wildman–Crippen LogP) is 2.70. The largest absolute Gasteiger partial charge is 0.496 e. The van der Waals surface area contributed by atoms with Crippen LogP contribution in [0.4, 0.5) is 10.5 Å². The summed E-state index contributed by atoms with van der Waals surface area (Å²) in [6.45, 7) is 7.55. The van der Waals surface area contributed by atoms with Crippen LogP contribution in [0.3, 0.4) is 0 Å². The van der Waals surface area contributed by atoms with Crippen LogP contribution in [0, 0.1) is 0 Å². The van der Waals surface area contributed by atoms with Crippen molar-refractivity contribution in [2.24, 2.45) is 0 Å². The van der Waals surface area contributed by atoms with Gasteiger partial charge >= 0.3 is 6.09 Å². The summed E-state index contributed by atoms with van der Waals surface area (Å²) in [5, 5.41) is 6.12. The first-order valence-corrected chi connectivity index (χ1v) is 7.38. The minimum atomic E-state index is -0.530. The van der Waals surface area contributed by atoms with E-state index in [2.05, 4.69) is 10.6 Å². The second-order valence-electron chi connectivity index (χ2n) is 6.17. The molecule has 0 radical (unpaired) electrons. The van der Waals surface area contributed by atoms with Crippen molar-refractivity contribution < 1.29 is 19.0 Å². The summed E-state index contributed by atoms with van der Waals surface area (Å²) in [6.07, 6.45) is -0.475. The first kappa shape index (κ1) is 16.6. The number of benzene rings is 1. The molecule has 6 nitrogen and oxygen atoms in total. The Morgan fingerprint density at radius 1 is 1.41 bits per heavy atom. The Hall–Kier alpha value is -1.79. The minimum Gasteiger partial charge on any atom is -0.496 e. The first-order valence-electron chi connectivity index (χ1n) is 7.38. The SMILES string of the molecule is COc1ccc(NC(=O)OC(C)(C)C)cc1C1COCCN1. The summed E-state index contributed by atoms with van der Waals surface area (Å²) in [5.41, 5.74) is 1.09. The number of carbonyl (C=O) groups is 1. The topological polar surface area (TPSA) is 68.8 Å². The van der Waals surface area contributed by atoms with Crippen LogP contribution in [-0.2, 0) is 9.47 Å². The smallest absolute Gasteiger partial charge is 0.412 e. The third-order valence-corrected chi connectivity index (χ3v) is 3.17. The molecule has 0 spiro atoms. The van der Waals surface area contributed by atoms with Gasteiger partial charge in [-0.2, -0.15) is 0 Å². The third kappa shape index (κ3) is 4.61. The van der Waals surface area contributed by atoms with E-state index in [0.29, 0.717) is 18.9 Å². The van der Waals surface area contributed by atoms with E-state index in [-0.39, 0.29) is 6.04 Å². The second-order valence-corrected chi connectivity index (χ2v) is 6.17. The molecule has 1 atom stereocenters. The molecule has 2 N–H and O–H groups in total. The highest BCUT2D eigenvalue weighted by molar-refractivity contribution is 5.85. The monoisotopic (exact) mass is 308 g/mol. The number of ether oxygens (including phenoxy) is 3. The lowest BCUT2D eigenvalue weighted by molar-refractivity contribution is 0.0636. The van der Waals surface area contributed by atoms with Gasteiger partial charge in [-0.3, -0.25) is 5.32 Å². The Labute approximate surface area is 131 Å². The van der Waals surface area contributed by atoms with Crippen LogP contribution in [0.15, 0.2) is 18.2 Å². The molecule has 1 heterocycles.